The van der Waals surface area contributed by atoms with Crippen LogP contribution in [0.1, 0.15) is 38.2 Å². The van der Waals surface area contributed by atoms with Crippen LogP contribution in [0.25, 0.3) is 0 Å². The molecule has 0 aliphatic carbocycles. The van der Waals surface area contributed by atoms with Gasteiger partial charge in [-0.15, -0.1) is 10.2 Å². The smallest absolute Gasteiger partial charge is 0.233 e. The molecule has 134 valence electrons. The number of carbonyl (C=O) groups is 1. The van der Waals surface area contributed by atoms with Crippen LogP contribution in [0, 0.1) is 0 Å². The summed E-state index contributed by atoms with van der Waals surface area (Å²) in [5.41, 5.74) is 1.21. The van der Waals surface area contributed by atoms with Gasteiger partial charge in [0.15, 0.2) is 4.34 Å². The molecule has 3 rings (SSSR count). The summed E-state index contributed by atoms with van der Waals surface area (Å²) in [6, 6.07) is 10.6. The Labute approximate surface area is 157 Å². The van der Waals surface area contributed by atoms with Gasteiger partial charge in [0.1, 0.15) is 0 Å². The zero-order valence-corrected chi connectivity index (χ0v) is 16.1. The fraction of sp³-hybridized carbons (Fsp3) is 0.500. The van der Waals surface area contributed by atoms with Gasteiger partial charge in [0.25, 0.3) is 0 Å². The molecule has 0 bridgehead atoms. The monoisotopic (exact) mass is 376 g/mol. The number of benzene rings is 1. The van der Waals surface area contributed by atoms with Gasteiger partial charge in [-0.3, -0.25) is 4.79 Å². The Morgan fingerprint density at radius 2 is 2.16 bits per heavy atom. The van der Waals surface area contributed by atoms with Crippen molar-refractivity contribution in [3.05, 3.63) is 35.9 Å². The van der Waals surface area contributed by atoms with Crippen molar-refractivity contribution < 1.29 is 4.79 Å². The Bertz CT molecular complexity index is 677. The van der Waals surface area contributed by atoms with Gasteiger partial charge in [0.05, 0.1) is 5.75 Å². The summed E-state index contributed by atoms with van der Waals surface area (Å²) in [5, 5.41) is 12.4. The van der Waals surface area contributed by atoms with E-state index in [9.17, 15) is 4.79 Å². The first-order valence-electron chi connectivity index (χ1n) is 8.80. The molecule has 1 fully saturated rings. The van der Waals surface area contributed by atoms with Gasteiger partial charge in [0.2, 0.25) is 11.0 Å². The highest BCUT2D eigenvalue weighted by Crippen LogP contribution is 2.27. The number of thioether (sulfide) groups is 1. The molecular formula is C18H24N4OS2. The van der Waals surface area contributed by atoms with E-state index in [1.54, 1.807) is 0 Å². The third-order valence-electron chi connectivity index (χ3n) is 4.43. The molecule has 1 aliphatic rings. The number of anilines is 1. The van der Waals surface area contributed by atoms with Gasteiger partial charge in [0, 0.05) is 19.1 Å². The standard InChI is InChI=1S/C18H24N4OS2/c1-2-15-10-6-7-11-22(15)16(23)13-24-18-21-20-17(25-18)19-12-14-8-4-3-5-9-14/h3-5,8-9,15H,2,6-7,10-13H2,1H3,(H,19,20)/t15-/m1/s1. The Hall–Kier alpha value is -1.60. The lowest BCUT2D eigenvalue weighted by Gasteiger charge is -2.35. The number of hydrogen-bond donors (Lipinski definition) is 1. The number of hydrogen-bond acceptors (Lipinski definition) is 6. The van der Waals surface area contributed by atoms with E-state index in [0.29, 0.717) is 11.8 Å². The summed E-state index contributed by atoms with van der Waals surface area (Å²) in [5.74, 6) is 0.676. The van der Waals surface area contributed by atoms with E-state index in [2.05, 4.69) is 39.5 Å². The van der Waals surface area contributed by atoms with Crippen LogP contribution in [0.4, 0.5) is 5.13 Å². The van der Waals surface area contributed by atoms with Crippen LogP contribution >= 0.6 is 23.1 Å². The van der Waals surface area contributed by atoms with Crippen LogP contribution in [-0.2, 0) is 11.3 Å². The third-order valence-corrected chi connectivity index (χ3v) is 6.43. The molecule has 1 aliphatic heterocycles. The Morgan fingerprint density at radius 3 is 2.96 bits per heavy atom. The zero-order valence-electron chi connectivity index (χ0n) is 14.5. The fourth-order valence-corrected chi connectivity index (χ4v) is 4.71. The first-order chi connectivity index (χ1) is 12.3. The molecule has 0 spiro atoms. The largest absolute Gasteiger partial charge is 0.356 e. The quantitative estimate of drug-likeness (QED) is 0.739. The van der Waals surface area contributed by atoms with Crippen LogP contribution in [-0.4, -0.2) is 39.3 Å². The number of nitrogens with zero attached hydrogens (tertiary/aromatic N) is 3. The number of likely N-dealkylation sites (tertiary alicyclic amines) is 1. The minimum Gasteiger partial charge on any atom is -0.356 e. The molecule has 1 saturated heterocycles. The van der Waals surface area contributed by atoms with Gasteiger partial charge in [-0.25, -0.2) is 0 Å². The number of aromatic nitrogens is 2. The van der Waals surface area contributed by atoms with E-state index in [1.165, 1.54) is 35.1 Å². The second-order valence-electron chi connectivity index (χ2n) is 6.15. The van der Waals surface area contributed by atoms with Gasteiger partial charge in [-0.2, -0.15) is 0 Å². The maximum Gasteiger partial charge on any atom is 0.233 e. The third kappa shape index (κ3) is 5.19. The summed E-state index contributed by atoms with van der Waals surface area (Å²) in [6.45, 7) is 3.79. The molecule has 0 saturated carbocycles. The summed E-state index contributed by atoms with van der Waals surface area (Å²) < 4.78 is 0.842. The van der Waals surface area contributed by atoms with Crippen LogP contribution < -0.4 is 5.32 Å². The lowest BCUT2D eigenvalue weighted by atomic mass is 10.0. The number of nitrogens with one attached hydrogen (secondary N) is 1. The molecule has 1 aromatic carbocycles. The van der Waals surface area contributed by atoms with Crippen molar-refractivity contribution in [2.24, 2.45) is 0 Å². The molecule has 1 N–H and O–H groups in total. The van der Waals surface area contributed by atoms with Crippen molar-refractivity contribution in [1.82, 2.24) is 15.1 Å². The van der Waals surface area contributed by atoms with E-state index >= 15 is 0 Å². The molecule has 0 radical (unpaired) electrons. The SMILES string of the molecule is CC[C@@H]1CCCCN1C(=O)CSc1nnc(NCc2ccccc2)s1. The molecule has 7 heteroatoms. The second-order valence-corrected chi connectivity index (χ2v) is 8.35. The average Bonchev–Trinajstić information content (AvgIpc) is 3.13. The van der Waals surface area contributed by atoms with Crippen molar-refractivity contribution in [1.29, 1.82) is 0 Å². The van der Waals surface area contributed by atoms with Gasteiger partial charge >= 0.3 is 0 Å². The lowest BCUT2D eigenvalue weighted by molar-refractivity contribution is -0.132. The molecule has 1 amide bonds. The van der Waals surface area contributed by atoms with Crippen LogP contribution in [0.15, 0.2) is 34.7 Å². The molecule has 2 heterocycles. The predicted octanol–water partition coefficient (Wildman–Crippen LogP) is 4.03. The number of amides is 1. The fourth-order valence-electron chi connectivity index (χ4n) is 3.07. The summed E-state index contributed by atoms with van der Waals surface area (Å²) >= 11 is 3.00. The average molecular weight is 377 g/mol. The Balaban J connectivity index is 1.47. The molecule has 5 nitrogen and oxygen atoms in total. The number of rotatable bonds is 7. The normalized spacial score (nSPS) is 17.5. The van der Waals surface area contributed by atoms with Gasteiger partial charge < -0.3 is 10.2 Å². The molecule has 25 heavy (non-hydrogen) atoms. The van der Waals surface area contributed by atoms with Gasteiger partial charge in [-0.1, -0.05) is 60.4 Å². The van der Waals surface area contributed by atoms with Crippen molar-refractivity contribution >= 4 is 34.1 Å². The number of piperidine rings is 1. The highest BCUT2D eigenvalue weighted by Gasteiger charge is 2.25. The highest BCUT2D eigenvalue weighted by atomic mass is 32.2. The van der Waals surface area contributed by atoms with E-state index in [1.807, 2.05) is 18.2 Å². The lowest BCUT2D eigenvalue weighted by Crippen LogP contribution is -2.44. The topological polar surface area (TPSA) is 58.1 Å². The minimum atomic E-state index is 0.227. The summed E-state index contributed by atoms with van der Waals surface area (Å²) in [4.78, 5) is 14.6. The van der Waals surface area contributed by atoms with Crippen LogP contribution in [0.5, 0.6) is 0 Å². The zero-order chi connectivity index (χ0) is 17.5. The molecule has 2 aromatic rings. The number of carbonyl (C=O) groups excluding carboxylic acids is 1. The summed E-state index contributed by atoms with van der Waals surface area (Å²) in [6.07, 6.45) is 4.55. The Kier molecular flexibility index (Phi) is 6.69. The van der Waals surface area contributed by atoms with E-state index in [4.69, 9.17) is 0 Å². The van der Waals surface area contributed by atoms with E-state index < -0.39 is 0 Å². The second kappa shape index (κ2) is 9.20. The maximum atomic E-state index is 12.5. The van der Waals surface area contributed by atoms with Gasteiger partial charge in [-0.05, 0) is 31.2 Å². The minimum absolute atomic E-state index is 0.227. The maximum absolute atomic E-state index is 12.5. The first-order valence-corrected chi connectivity index (χ1v) is 10.6. The highest BCUT2D eigenvalue weighted by molar-refractivity contribution is 8.01. The molecular weight excluding hydrogens is 352 g/mol. The molecule has 1 atom stereocenters. The molecule has 0 unspecified atom stereocenters. The van der Waals surface area contributed by atoms with Crippen molar-refractivity contribution in [2.75, 3.05) is 17.6 Å². The van der Waals surface area contributed by atoms with Crippen LogP contribution in [0.2, 0.25) is 0 Å². The van der Waals surface area contributed by atoms with Crippen molar-refractivity contribution in [2.45, 2.75) is 49.5 Å². The van der Waals surface area contributed by atoms with Crippen molar-refractivity contribution in [3.63, 3.8) is 0 Å². The Morgan fingerprint density at radius 1 is 1.32 bits per heavy atom. The van der Waals surface area contributed by atoms with E-state index in [0.717, 1.165) is 41.8 Å². The van der Waals surface area contributed by atoms with Crippen molar-refractivity contribution in [3.8, 4) is 0 Å². The van der Waals surface area contributed by atoms with E-state index in [-0.39, 0.29) is 5.91 Å². The van der Waals surface area contributed by atoms with Crippen LogP contribution in [0.3, 0.4) is 0 Å². The summed E-state index contributed by atoms with van der Waals surface area (Å²) in [7, 11) is 0. The first kappa shape index (κ1) is 18.2. The molecule has 1 aromatic heterocycles. The predicted molar refractivity (Wildman–Crippen MR) is 104 cm³/mol.